The van der Waals surface area contributed by atoms with Gasteiger partial charge in [-0.15, -0.1) is 0 Å². The van der Waals surface area contributed by atoms with Crippen LogP contribution in [0.1, 0.15) is 24.1 Å². The number of rotatable bonds is 7. The van der Waals surface area contributed by atoms with Crippen molar-refractivity contribution in [1.29, 1.82) is 5.26 Å². The van der Waals surface area contributed by atoms with E-state index in [0.717, 1.165) is 44.1 Å². The third-order valence-electron chi connectivity index (χ3n) is 6.19. The highest BCUT2D eigenvalue weighted by molar-refractivity contribution is 6.35. The predicted molar refractivity (Wildman–Crippen MR) is 122 cm³/mol. The minimum atomic E-state index is 0.224. The summed E-state index contributed by atoms with van der Waals surface area (Å²) in [7, 11) is 0. The van der Waals surface area contributed by atoms with E-state index in [1.807, 2.05) is 6.07 Å². The molecule has 1 atom stereocenters. The average Bonchev–Trinajstić information content (AvgIpc) is 2.73. The number of aliphatic hydroxyl groups excluding tert-OH is 1. The molecule has 1 unspecified atom stereocenters. The van der Waals surface area contributed by atoms with Gasteiger partial charge in [0.05, 0.1) is 12.8 Å². The highest BCUT2D eigenvalue weighted by Crippen LogP contribution is 2.33. The number of β-amino-alcohol motifs (C(OH)–C–C–N with tert-alkyl or cyclic N) is 1. The van der Waals surface area contributed by atoms with Crippen molar-refractivity contribution in [3.63, 3.8) is 0 Å². The van der Waals surface area contributed by atoms with Gasteiger partial charge < -0.3 is 20.2 Å². The molecule has 2 N–H and O–H groups in total. The fourth-order valence-electron chi connectivity index (χ4n) is 4.40. The Bertz CT molecular complexity index is 958. The molecule has 1 aromatic carbocycles. The summed E-state index contributed by atoms with van der Waals surface area (Å²) >= 11 is 12.2. The number of hydrogen-bond donors (Lipinski definition) is 2. The Morgan fingerprint density at radius 3 is 2.81 bits per heavy atom. The van der Waals surface area contributed by atoms with E-state index < -0.39 is 0 Å². The van der Waals surface area contributed by atoms with Crippen molar-refractivity contribution < 1.29 is 5.11 Å². The van der Waals surface area contributed by atoms with Crippen LogP contribution in [0.2, 0.25) is 10.0 Å². The smallest absolute Gasteiger partial charge is 0.183 e. The second kappa shape index (κ2) is 10.0. The number of anilines is 2. The van der Waals surface area contributed by atoms with Gasteiger partial charge in [0.15, 0.2) is 11.5 Å². The lowest BCUT2D eigenvalue weighted by atomic mass is 9.80. The van der Waals surface area contributed by atoms with E-state index in [9.17, 15) is 10.4 Å². The van der Waals surface area contributed by atoms with Gasteiger partial charge in [-0.05, 0) is 48.9 Å². The van der Waals surface area contributed by atoms with E-state index in [-0.39, 0.29) is 12.3 Å². The Kier molecular flexibility index (Phi) is 7.13. The topological polar surface area (TPSA) is 88.3 Å². The molecule has 1 aromatic heterocycles. The Labute approximate surface area is 192 Å². The lowest BCUT2D eigenvalue weighted by molar-refractivity contribution is 0.101. The van der Waals surface area contributed by atoms with E-state index in [1.165, 1.54) is 12.8 Å². The quantitative estimate of drug-likeness (QED) is 0.654. The summed E-state index contributed by atoms with van der Waals surface area (Å²) < 4.78 is 0. The number of piperidine rings is 1. The molecule has 0 amide bonds. The SMILES string of the molecule is N#Cc1ncc(N2CC(C3CCCN(CCO)C3)C2)nc1NCc1ccc(Cl)cc1Cl. The molecular weight excluding hydrogens is 435 g/mol. The molecule has 4 rings (SSSR count). The number of nitrogens with zero attached hydrogens (tertiary/aromatic N) is 5. The molecule has 2 saturated heterocycles. The molecule has 0 bridgehead atoms. The molecule has 2 fully saturated rings. The van der Waals surface area contributed by atoms with Crippen molar-refractivity contribution in [1.82, 2.24) is 14.9 Å². The van der Waals surface area contributed by atoms with Crippen LogP contribution in [0.4, 0.5) is 11.6 Å². The largest absolute Gasteiger partial charge is 0.395 e. The zero-order valence-corrected chi connectivity index (χ0v) is 18.8. The molecule has 9 heteroatoms. The van der Waals surface area contributed by atoms with Crippen LogP contribution in [0.25, 0.3) is 0 Å². The fourth-order valence-corrected chi connectivity index (χ4v) is 4.87. The first-order valence-electron chi connectivity index (χ1n) is 10.6. The first-order valence-corrected chi connectivity index (χ1v) is 11.4. The molecular formula is C22H26Cl2N6O. The van der Waals surface area contributed by atoms with Gasteiger partial charge in [-0.25, -0.2) is 9.97 Å². The molecule has 164 valence electrons. The van der Waals surface area contributed by atoms with Crippen LogP contribution >= 0.6 is 23.2 Å². The van der Waals surface area contributed by atoms with Crippen LogP contribution in [0.5, 0.6) is 0 Å². The van der Waals surface area contributed by atoms with Gasteiger partial charge >= 0.3 is 0 Å². The number of benzene rings is 1. The fraction of sp³-hybridized carbons (Fsp3) is 0.500. The molecule has 31 heavy (non-hydrogen) atoms. The number of aliphatic hydroxyl groups is 1. The maximum absolute atomic E-state index is 9.42. The van der Waals surface area contributed by atoms with E-state index in [0.29, 0.717) is 34.2 Å². The highest BCUT2D eigenvalue weighted by atomic mass is 35.5. The van der Waals surface area contributed by atoms with Gasteiger partial charge in [-0.2, -0.15) is 5.26 Å². The third-order valence-corrected chi connectivity index (χ3v) is 6.77. The zero-order chi connectivity index (χ0) is 21.8. The predicted octanol–water partition coefficient (Wildman–Crippen LogP) is 3.41. The van der Waals surface area contributed by atoms with E-state index in [4.69, 9.17) is 23.2 Å². The van der Waals surface area contributed by atoms with Crippen molar-refractivity contribution >= 4 is 34.8 Å². The number of aromatic nitrogens is 2. The van der Waals surface area contributed by atoms with Crippen LogP contribution in [0.15, 0.2) is 24.4 Å². The van der Waals surface area contributed by atoms with E-state index in [1.54, 1.807) is 18.3 Å². The van der Waals surface area contributed by atoms with Gasteiger partial charge in [-0.3, -0.25) is 0 Å². The van der Waals surface area contributed by atoms with Crippen molar-refractivity contribution in [2.24, 2.45) is 11.8 Å². The summed E-state index contributed by atoms with van der Waals surface area (Å²) in [4.78, 5) is 13.5. The molecule has 2 aliphatic heterocycles. The molecule has 0 saturated carbocycles. The van der Waals surface area contributed by atoms with Crippen molar-refractivity contribution in [3.8, 4) is 6.07 Å². The summed E-state index contributed by atoms with van der Waals surface area (Å²) in [5.41, 5.74) is 1.13. The van der Waals surface area contributed by atoms with Crippen LogP contribution in [0, 0.1) is 23.2 Å². The lowest BCUT2D eigenvalue weighted by Crippen LogP contribution is -2.54. The van der Waals surface area contributed by atoms with E-state index >= 15 is 0 Å². The van der Waals surface area contributed by atoms with Gasteiger partial charge in [0, 0.05) is 42.8 Å². The van der Waals surface area contributed by atoms with Crippen LogP contribution in [-0.2, 0) is 6.54 Å². The lowest BCUT2D eigenvalue weighted by Gasteiger charge is -2.47. The molecule has 0 radical (unpaired) electrons. The summed E-state index contributed by atoms with van der Waals surface area (Å²) in [6.45, 7) is 5.45. The normalized spacial score (nSPS) is 19.7. The van der Waals surface area contributed by atoms with Crippen LogP contribution < -0.4 is 10.2 Å². The molecule has 0 spiro atoms. The second-order valence-corrected chi connectivity index (χ2v) is 9.06. The molecule has 3 heterocycles. The second-order valence-electron chi connectivity index (χ2n) is 8.22. The summed E-state index contributed by atoms with van der Waals surface area (Å²) in [6.07, 6.45) is 4.11. The van der Waals surface area contributed by atoms with Crippen molar-refractivity contribution in [2.75, 3.05) is 49.5 Å². The average molecular weight is 461 g/mol. The van der Waals surface area contributed by atoms with Gasteiger partial charge in [0.25, 0.3) is 0 Å². The Morgan fingerprint density at radius 1 is 1.23 bits per heavy atom. The summed E-state index contributed by atoms with van der Waals surface area (Å²) in [6, 6.07) is 7.43. The molecule has 7 nitrogen and oxygen atoms in total. The number of halogens is 2. The monoisotopic (exact) mass is 460 g/mol. The third kappa shape index (κ3) is 5.21. The number of likely N-dealkylation sites (tertiary alicyclic amines) is 1. The minimum absolute atomic E-state index is 0.224. The molecule has 2 aliphatic rings. The van der Waals surface area contributed by atoms with Gasteiger partial charge in [0.1, 0.15) is 11.9 Å². The number of nitriles is 1. The zero-order valence-electron chi connectivity index (χ0n) is 17.3. The Balaban J connectivity index is 1.38. The minimum Gasteiger partial charge on any atom is -0.395 e. The Morgan fingerprint density at radius 2 is 2.06 bits per heavy atom. The maximum atomic E-state index is 9.42. The van der Waals surface area contributed by atoms with Gasteiger partial charge in [0.2, 0.25) is 0 Å². The van der Waals surface area contributed by atoms with Crippen LogP contribution in [0.3, 0.4) is 0 Å². The molecule has 0 aliphatic carbocycles. The van der Waals surface area contributed by atoms with Gasteiger partial charge in [-0.1, -0.05) is 29.3 Å². The number of hydrogen-bond acceptors (Lipinski definition) is 7. The van der Waals surface area contributed by atoms with Crippen molar-refractivity contribution in [3.05, 3.63) is 45.7 Å². The molecule has 2 aromatic rings. The highest BCUT2D eigenvalue weighted by Gasteiger charge is 2.36. The first-order chi connectivity index (χ1) is 15.1. The van der Waals surface area contributed by atoms with Crippen molar-refractivity contribution in [2.45, 2.75) is 19.4 Å². The summed E-state index contributed by atoms with van der Waals surface area (Å²) in [5.74, 6) is 2.53. The van der Waals surface area contributed by atoms with Crippen LogP contribution in [-0.4, -0.2) is 59.3 Å². The number of nitrogens with one attached hydrogen (secondary N) is 1. The summed E-state index contributed by atoms with van der Waals surface area (Å²) in [5, 5.41) is 23.0. The van der Waals surface area contributed by atoms with E-state index in [2.05, 4.69) is 31.2 Å². The standard InChI is InChI=1S/C22H26Cl2N6O/c23-18-4-3-15(19(24)8-18)10-27-22-20(9-25)26-11-21(28-22)30-13-17(14-30)16-2-1-5-29(12-16)6-7-31/h3-4,8,11,16-17,31H,1-2,5-7,10,12-14H2,(H,27,28). The maximum Gasteiger partial charge on any atom is 0.183 e. The first kappa shape index (κ1) is 22.1. The Hall–Kier alpha value is -2.11.